The summed E-state index contributed by atoms with van der Waals surface area (Å²) < 4.78 is 28.6. The molecule has 0 unspecified atom stereocenters. The number of halogens is 2. The second-order valence-electron chi connectivity index (χ2n) is 5.58. The van der Waals surface area contributed by atoms with Crippen LogP contribution >= 0.6 is 11.3 Å². The lowest BCUT2D eigenvalue weighted by Gasteiger charge is -2.13. The zero-order valence-corrected chi connectivity index (χ0v) is 12.7. The van der Waals surface area contributed by atoms with E-state index < -0.39 is 6.61 Å². The van der Waals surface area contributed by atoms with Crippen molar-refractivity contribution in [1.29, 1.82) is 0 Å². The largest absolute Gasteiger partial charge is 0.435 e. The van der Waals surface area contributed by atoms with Gasteiger partial charge >= 0.3 is 6.61 Å². The van der Waals surface area contributed by atoms with E-state index in [1.807, 2.05) is 6.92 Å². The molecule has 0 aliphatic heterocycles. The van der Waals surface area contributed by atoms with Crippen LogP contribution < -0.4 is 4.74 Å². The SMILES string of the molecule is Cc1sc(C(C)(C)C)nc1-c1ccc(OC(F)F)cc1. The van der Waals surface area contributed by atoms with E-state index in [1.165, 1.54) is 12.1 Å². The van der Waals surface area contributed by atoms with E-state index >= 15 is 0 Å². The van der Waals surface area contributed by atoms with Crippen LogP contribution in [0.2, 0.25) is 0 Å². The predicted molar refractivity (Wildman–Crippen MR) is 77.6 cm³/mol. The fourth-order valence-electron chi connectivity index (χ4n) is 1.78. The van der Waals surface area contributed by atoms with Gasteiger partial charge in [0.1, 0.15) is 5.75 Å². The summed E-state index contributed by atoms with van der Waals surface area (Å²) in [4.78, 5) is 5.79. The lowest BCUT2D eigenvalue weighted by molar-refractivity contribution is -0.0498. The molecule has 20 heavy (non-hydrogen) atoms. The molecule has 0 amide bonds. The molecule has 0 aliphatic carbocycles. The van der Waals surface area contributed by atoms with Crippen molar-refractivity contribution in [2.45, 2.75) is 39.7 Å². The van der Waals surface area contributed by atoms with Gasteiger partial charge in [0.15, 0.2) is 0 Å². The van der Waals surface area contributed by atoms with Crippen LogP contribution in [-0.4, -0.2) is 11.6 Å². The fourth-order valence-corrected chi connectivity index (χ4v) is 2.77. The first-order chi connectivity index (χ1) is 9.27. The fraction of sp³-hybridized carbons (Fsp3) is 0.400. The molecule has 0 radical (unpaired) electrons. The van der Waals surface area contributed by atoms with Gasteiger partial charge in [0.25, 0.3) is 0 Å². The van der Waals surface area contributed by atoms with Crippen LogP contribution in [0, 0.1) is 6.92 Å². The van der Waals surface area contributed by atoms with Crippen LogP contribution in [0.15, 0.2) is 24.3 Å². The summed E-state index contributed by atoms with van der Waals surface area (Å²) in [5, 5.41) is 1.07. The maximum atomic E-state index is 12.1. The van der Waals surface area contributed by atoms with Crippen molar-refractivity contribution in [3.8, 4) is 17.0 Å². The zero-order chi connectivity index (χ0) is 14.9. The normalized spacial score (nSPS) is 11.9. The van der Waals surface area contributed by atoms with E-state index in [9.17, 15) is 8.78 Å². The van der Waals surface area contributed by atoms with Crippen molar-refractivity contribution in [2.75, 3.05) is 0 Å². The van der Waals surface area contributed by atoms with Gasteiger partial charge in [-0.25, -0.2) is 4.98 Å². The lowest BCUT2D eigenvalue weighted by Crippen LogP contribution is -2.10. The summed E-state index contributed by atoms with van der Waals surface area (Å²) >= 11 is 1.67. The highest BCUT2D eigenvalue weighted by molar-refractivity contribution is 7.12. The van der Waals surface area contributed by atoms with E-state index in [1.54, 1.807) is 23.5 Å². The Morgan fingerprint density at radius 2 is 1.75 bits per heavy atom. The molecule has 0 fully saturated rings. The summed E-state index contributed by atoms with van der Waals surface area (Å²) in [7, 11) is 0. The molecule has 0 saturated carbocycles. The number of hydrogen-bond acceptors (Lipinski definition) is 3. The maximum absolute atomic E-state index is 12.1. The molecule has 0 spiro atoms. The van der Waals surface area contributed by atoms with E-state index in [2.05, 4.69) is 30.5 Å². The molecule has 1 aromatic carbocycles. The number of alkyl halides is 2. The van der Waals surface area contributed by atoms with E-state index in [0.717, 1.165) is 21.1 Å². The van der Waals surface area contributed by atoms with Crippen LogP contribution in [0.25, 0.3) is 11.3 Å². The summed E-state index contributed by atoms with van der Waals surface area (Å²) in [5.74, 6) is 0.160. The quantitative estimate of drug-likeness (QED) is 0.793. The minimum absolute atomic E-state index is 0.00635. The molecule has 0 bridgehead atoms. The third kappa shape index (κ3) is 3.33. The molecule has 0 atom stereocenters. The Hall–Kier alpha value is -1.49. The maximum Gasteiger partial charge on any atom is 0.387 e. The van der Waals surface area contributed by atoms with Crippen molar-refractivity contribution in [3.05, 3.63) is 34.2 Å². The monoisotopic (exact) mass is 297 g/mol. The summed E-state index contributed by atoms with van der Waals surface area (Å²) in [6.45, 7) is 5.58. The van der Waals surface area contributed by atoms with Gasteiger partial charge < -0.3 is 4.74 Å². The van der Waals surface area contributed by atoms with Gasteiger partial charge in [-0.3, -0.25) is 0 Å². The second kappa shape index (κ2) is 5.48. The Bertz CT molecular complexity index is 585. The first kappa shape index (κ1) is 14.9. The molecule has 1 aromatic heterocycles. The van der Waals surface area contributed by atoms with Crippen molar-refractivity contribution in [2.24, 2.45) is 0 Å². The third-order valence-corrected chi connectivity index (χ3v) is 4.19. The number of ether oxygens (including phenoxy) is 1. The first-order valence-electron chi connectivity index (χ1n) is 6.30. The molecule has 2 rings (SSSR count). The van der Waals surface area contributed by atoms with Gasteiger partial charge in [0.2, 0.25) is 0 Å². The molecular formula is C15H17F2NOS. The van der Waals surface area contributed by atoms with Crippen molar-refractivity contribution in [3.63, 3.8) is 0 Å². The summed E-state index contributed by atoms with van der Waals surface area (Å²) in [6, 6.07) is 6.59. The smallest absolute Gasteiger partial charge is 0.387 e. The van der Waals surface area contributed by atoms with Gasteiger partial charge in [-0.15, -0.1) is 11.3 Å². The Morgan fingerprint density at radius 3 is 2.20 bits per heavy atom. The lowest BCUT2D eigenvalue weighted by atomic mass is 9.98. The highest BCUT2D eigenvalue weighted by atomic mass is 32.1. The molecule has 0 N–H and O–H groups in total. The van der Waals surface area contributed by atoms with Gasteiger partial charge in [-0.2, -0.15) is 8.78 Å². The van der Waals surface area contributed by atoms with Crippen LogP contribution in [0.4, 0.5) is 8.78 Å². The van der Waals surface area contributed by atoms with Crippen molar-refractivity contribution in [1.82, 2.24) is 4.98 Å². The minimum Gasteiger partial charge on any atom is -0.435 e. The molecule has 1 heterocycles. The van der Waals surface area contributed by atoms with Gasteiger partial charge in [0.05, 0.1) is 10.7 Å². The Labute approximate surface area is 121 Å². The van der Waals surface area contributed by atoms with Gasteiger partial charge in [0, 0.05) is 15.9 Å². The van der Waals surface area contributed by atoms with E-state index in [0.29, 0.717) is 0 Å². The molecule has 0 saturated heterocycles. The number of nitrogens with zero attached hydrogens (tertiary/aromatic N) is 1. The molecule has 5 heteroatoms. The standard InChI is InChI=1S/C15H17F2NOS/c1-9-12(18-13(20-9)15(2,3)4)10-5-7-11(8-6-10)19-14(16)17/h5-8,14H,1-4H3. The molecule has 108 valence electrons. The highest BCUT2D eigenvalue weighted by Gasteiger charge is 2.20. The number of rotatable bonds is 3. The number of aryl methyl sites for hydroxylation is 1. The molecule has 2 aromatic rings. The van der Waals surface area contributed by atoms with Crippen LogP contribution in [0.5, 0.6) is 5.75 Å². The van der Waals surface area contributed by atoms with Crippen LogP contribution in [0.3, 0.4) is 0 Å². The summed E-state index contributed by atoms with van der Waals surface area (Å²) in [6.07, 6.45) is 0. The van der Waals surface area contributed by atoms with Crippen molar-refractivity contribution >= 4 is 11.3 Å². The topological polar surface area (TPSA) is 22.1 Å². The second-order valence-corrected chi connectivity index (χ2v) is 6.78. The molecular weight excluding hydrogens is 280 g/mol. The Morgan fingerprint density at radius 1 is 1.15 bits per heavy atom. The average Bonchev–Trinajstić information content (AvgIpc) is 2.71. The number of thiazole rings is 1. The number of aromatic nitrogens is 1. The Balaban J connectivity index is 2.30. The van der Waals surface area contributed by atoms with Crippen LogP contribution in [0.1, 0.15) is 30.7 Å². The van der Waals surface area contributed by atoms with E-state index in [4.69, 9.17) is 0 Å². The highest BCUT2D eigenvalue weighted by Crippen LogP contribution is 2.34. The average molecular weight is 297 g/mol. The van der Waals surface area contributed by atoms with E-state index in [-0.39, 0.29) is 11.2 Å². The van der Waals surface area contributed by atoms with Crippen LogP contribution in [-0.2, 0) is 5.41 Å². The summed E-state index contributed by atoms with van der Waals surface area (Å²) in [5.41, 5.74) is 1.83. The molecule has 2 nitrogen and oxygen atoms in total. The van der Waals surface area contributed by atoms with Crippen molar-refractivity contribution < 1.29 is 13.5 Å². The number of benzene rings is 1. The predicted octanol–water partition coefficient (Wildman–Crippen LogP) is 5.02. The third-order valence-electron chi connectivity index (χ3n) is 2.79. The van der Waals surface area contributed by atoms with Gasteiger partial charge in [-0.05, 0) is 31.2 Å². The molecule has 0 aliphatic rings. The number of hydrogen-bond donors (Lipinski definition) is 0. The minimum atomic E-state index is -2.80. The Kier molecular flexibility index (Phi) is 4.09. The zero-order valence-electron chi connectivity index (χ0n) is 11.9. The first-order valence-corrected chi connectivity index (χ1v) is 7.12. The van der Waals surface area contributed by atoms with Gasteiger partial charge in [-0.1, -0.05) is 20.8 Å².